The summed E-state index contributed by atoms with van der Waals surface area (Å²) in [5, 5.41) is 0. The Morgan fingerprint density at radius 1 is 1.20 bits per heavy atom. The number of piperazine rings is 1. The molecule has 5 heteroatoms. The van der Waals surface area contributed by atoms with Gasteiger partial charge in [0, 0.05) is 25.2 Å². The summed E-state index contributed by atoms with van der Waals surface area (Å²) in [5.41, 5.74) is 0. The van der Waals surface area contributed by atoms with Crippen LogP contribution >= 0.6 is 0 Å². The van der Waals surface area contributed by atoms with Crippen LogP contribution < -0.4 is 0 Å². The molecular weight excluding hydrogens is 212 g/mol. The van der Waals surface area contributed by atoms with E-state index in [1.165, 1.54) is 0 Å². The normalized spacial score (nSPS) is 37.7. The fourth-order valence-electron chi connectivity index (χ4n) is 2.91. The van der Waals surface area contributed by atoms with Crippen LogP contribution in [0.5, 0.6) is 0 Å². The van der Waals surface area contributed by atoms with Crippen LogP contribution in [0, 0.1) is 5.92 Å². The molecule has 4 aliphatic rings. The SMILES string of the molecule is CN1CC2CC(C1)N2S(=O)(=O)CC1CC1. The van der Waals surface area contributed by atoms with E-state index in [1.807, 2.05) is 0 Å². The predicted molar refractivity (Wildman–Crippen MR) is 58.0 cm³/mol. The summed E-state index contributed by atoms with van der Waals surface area (Å²) in [7, 11) is -0.863. The van der Waals surface area contributed by atoms with Crippen molar-refractivity contribution in [2.45, 2.75) is 31.3 Å². The van der Waals surface area contributed by atoms with Crippen molar-refractivity contribution in [3.05, 3.63) is 0 Å². The quantitative estimate of drug-likeness (QED) is 0.691. The molecule has 86 valence electrons. The minimum absolute atomic E-state index is 0.275. The standard InChI is InChI=1S/C10H18N2O2S/c1-11-5-9-4-10(6-11)12(9)15(13,14)7-8-2-3-8/h8-10H,2-7H2,1H3. The largest absolute Gasteiger partial charge is 0.303 e. The molecule has 0 spiro atoms. The molecule has 2 unspecified atom stereocenters. The number of piperidine rings is 1. The van der Waals surface area contributed by atoms with E-state index in [4.69, 9.17) is 0 Å². The monoisotopic (exact) mass is 230 g/mol. The average molecular weight is 230 g/mol. The summed E-state index contributed by atoms with van der Waals surface area (Å²) in [6.45, 7) is 1.83. The molecule has 0 amide bonds. The van der Waals surface area contributed by atoms with Gasteiger partial charge in [-0.15, -0.1) is 0 Å². The van der Waals surface area contributed by atoms with Gasteiger partial charge in [-0.25, -0.2) is 8.42 Å². The highest BCUT2D eigenvalue weighted by atomic mass is 32.2. The predicted octanol–water partition coefficient (Wildman–Crippen LogP) is 0.115. The molecule has 4 rings (SSSR count). The number of hydrogen-bond donors (Lipinski definition) is 0. The number of rotatable bonds is 3. The molecule has 2 bridgehead atoms. The zero-order chi connectivity index (χ0) is 10.6. The first kappa shape index (κ1) is 10.1. The zero-order valence-corrected chi connectivity index (χ0v) is 9.91. The van der Waals surface area contributed by atoms with E-state index >= 15 is 0 Å². The first-order valence-corrected chi connectivity index (χ1v) is 7.37. The number of nitrogens with zero attached hydrogens (tertiary/aromatic N) is 2. The van der Waals surface area contributed by atoms with Crippen LogP contribution in [0.3, 0.4) is 0 Å². The molecule has 2 atom stereocenters. The van der Waals surface area contributed by atoms with Gasteiger partial charge in [0.1, 0.15) is 0 Å². The second-order valence-corrected chi connectivity index (χ2v) is 7.24. The summed E-state index contributed by atoms with van der Waals surface area (Å²) in [6.07, 6.45) is 3.30. The third-order valence-electron chi connectivity index (χ3n) is 3.77. The van der Waals surface area contributed by atoms with Gasteiger partial charge in [0.15, 0.2) is 0 Å². The number of hydrogen-bond acceptors (Lipinski definition) is 3. The highest BCUT2D eigenvalue weighted by Crippen LogP contribution is 2.38. The van der Waals surface area contributed by atoms with Crippen LogP contribution in [-0.2, 0) is 10.0 Å². The van der Waals surface area contributed by atoms with Gasteiger partial charge in [-0.3, -0.25) is 0 Å². The summed E-state index contributed by atoms with van der Waals surface area (Å²) in [6, 6.07) is 0.551. The Morgan fingerprint density at radius 3 is 2.33 bits per heavy atom. The molecule has 1 saturated carbocycles. The van der Waals surface area contributed by atoms with Crippen LogP contribution in [0.15, 0.2) is 0 Å². The fraction of sp³-hybridized carbons (Fsp3) is 1.00. The maximum absolute atomic E-state index is 12.1. The van der Waals surface area contributed by atoms with E-state index < -0.39 is 10.0 Å². The number of fused-ring (bicyclic) bond motifs is 2. The van der Waals surface area contributed by atoms with Crippen molar-refractivity contribution in [2.75, 3.05) is 25.9 Å². The minimum Gasteiger partial charge on any atom is -0.303 e. The summed E-state index contributed by atoms with van der Waals surface area (Å²) < 4.78 is 26.0. The van der Waals surface area contributed by atoms with Gasteiger partial charge in [-0.1, -0.05) is 0 Å². The Hall–Kier alpha value is -0.130. The van der Waals surface area contributed by atoms with Gasteiger partial charge in [0.2, 0.25) is 10.0 Å². The maximum atomic E-state index is 12.1. The summed E-state index contributed by atoms with van der Waals surface area (Å²) in [5.74, 6) is 0.873. The maximum Gasteiger partial charge on any atom is 0.214 e. The van der Waals surface area contributed by atoms with E-state index in [0.29, 0.717) is 11.7 Å². The molecule has 3 aliphatic heterocycles. The van der Waals surface area contributed by atoms with Crippen molar-refractivity contribution in [1.82, 2.24) is 9.21 Å². The van der Waals surface area contributed by atoms with E-state index in [2.05, 4.69) is 11.9 Å². The highest BCUT2D eigenvalue weighted by molar-refractivity contribution is 7.89. The molecule has 4 nitrogen and oxygen atoms in total. The minimum atomic E-state index is -2.94. The fourth-order valence-corrected chi connectivity index (χ4v) is 5.22. The Labute approximate surface area is 91.3 Å². The lowest BCUT2D eigenvalue weighted by Crippen LogP contribution is -2.69. The number of likely N-dealkylation sites (N-methyl/N-ethyl adjacent to an activating group) is 1. The van der Waals surface area contributed by atoms with E-state index in [-0.39, 0.29) is 12.1 Å². The van der Waals surface area contributed by atoms with Gasteiger partial charge >= 0.3 is 0 Å². The number of sulfonamides is 1. The lowest BCUT2D eigenvalue weighted by atomic mass is 9.92. The second-order valence-electron chi connectivity index (χ2n) is 5.32. The third kappa shape index (κ3) is 1.70. The molecule has 0 aromatic heterocycles. The van der Waals surface area contributed by atoms with Gasteiger partial charge in [-0.05, 0) is 32.2 Å². The Balaban J connectivity index is 1.72. The molecule has 3 heterocycles. The Kier molecular flexibility index (Phi) is 2.13. The Morgan fingerprint density at radius 2 is 1.80 bits per heavy atom. The first-order valence-electron chi connectivity index (χ1n) is 5.76. The van der Waals surface area contributed by atoms with Crippen molar-refractivity contribution >= 4 is 10.0 Å². The van der Waals surface area contributed by atoms with E-state index in [1.54, 1.807) is 4.31 Å². The van der Waals surface area contributed by atoms with Crippen molar-refractivity contribution in [2.24, 2.45) is 5.92 Å². The molecule has 3 saturated heterocycles. The zero-order valence-electron chi connectivity index (χ0n) is 9.09. The summed E-state index contributed by atoms with van der Waals surface area (Å²) in [4.78, 5) is 2.24. The average Bonchev–Trinajstić information content (AvgIpc) is 2.84. The molecule has 0 aromatic rings. The molecule has 15 heavy (non-hydrogen) atoms. The van der Waals surface area contributed by atoms with E-state index in [0.717, 1.165) is 32.4 Å². The van der Waals surface area contributed by atoms with Crippen LogP contribution in [0.25, 0.3) is 0 Å². The lowest BCUT2D eigenvalue weighted by Gasteiger charge is -2.54. The lowest BCUT2D eigenvalue weighted by molar-refractivity contribution is 0.00557. The van der Waals surface area contributed by atoms with Crippen LogP contribution in [-0.4, -0.2) is 55.6 Å². The van der Waals surface area contributed by atoms with Gasteiger partial charge < -0.3 is 4.90 Å². The van der Waals surface area contributed by atoms with E-state index in [9.17, 15) is 8.42 Å². The Bertz CT molecular complexity index is 352. The first-order chi connectivity index (χ1) is 7.06. The topological polar surface area (TPSA) is 40.6 Å². The highest BCUT2D eigenvalue weighted by Gasteiger charge is 2.50. The van der Waals surface area contributed by atoms with Crippen LogP contribution in [0.4, 0.5) is 0 Å². The molecule has 0 radical (unpaired) electrons. The summed E-state index contributed by atoms with van der Waals surface area (Å²) >= 11 is 0. The molecular formula is C10H18N2O2S. The van der Waals surface area contributed by atoms with Crippen molar-refractivity contribution in [3.8, 4) is 0 Å². The van der Waals surface area contributed by atoms with Crippen molar-refractivity contribution in [1.29, 1.82) is 0 Å². The van der Waals surface area contributed by atoms with Crippen molar-refractivity contribution < 1.29 is 8.42 Å². The van der Waals surface area contributed by atoms with Crippen molar-refractivity contribution in [3.63, 3.8) is 0 Å². The third-order valence-corrected chi connectivity index (χ3v) is 5.90. The van der Waals surface area contributed by atoms with Gasteiger partial charge in [-0.2, -0.15) is 4.31 Å². The molecule has 4 fully saturated rings. The van der Waals surface area contributed by atoms with Crippen LogP contribution in [0.2, 0.25) is 0 Å². The van der Waals surface area contributed by atoms with Crippen LogP contribution in [0.1, 0.15) is 19.3 Å². The molecule has 0 aromatic carbocycles. The van der Waals surface area contributed by atoms with Gasteiger partial charge in [0.05, 0.1) is 5.75 Å². The molecule has 0 N–H and O–H groups in total. The molecule has 1 aliphatic carbocycles. The van der Waals surface area contributed by atoms with Gasteiger partial charge in [0.25, 0.3) is 0 Å². The second kappa shape index (κ2) is 3.18. The smallest absolute Gasteiger partial charge is 0.214 e.